The summed E-state index contributed by atoms with van der Waals surface area (Å²) in [5.74, 6) is -0.922. The van der Waals surface area contributed by atoms with Gasteiger partial charge in [0.2, 0.25) is 5.95 Å². The number of aromatic nitrogens is 3. The van der Waals surface area contributed by atoms with Crippen LogP contribution < -0.4 is 15.4 Å². The van der Waals surface area contributed by atoms with Crippen molar-refractivity contribution in [2.75, 3.05) is 18.2 Å². The molecule has 2 aromatic heterocycles. The molecule has 5 aromatic rings. The second-order valence-corrected chi connectivity index (χ2v) is 12.0. The summed E-state index contributed by atoms with van der Waals surface area (Å²) in [6.45, 7) is 0.433. The lowest BCUT2D eigenvalue weighted by Crippen LogP contribution is -2.23. The molecule has 0 unspecified atom stereocenters. The molecule has 9 nitrogen and oxygen atoms in total. The van der Waals surface area contributed by atoms with Crippen LogP contribution in [0.25, 0.3) is 16.8 Å². The molecule has 0 aliphatic rings. The summed E-state index contributed by atoms with van der Waals surface area (Å²) < 4.78 is 81.8. The molecule has 0 saturated heterocycles. The molecular formula is C30H25F4N5O4S. The minimum atomic E-state index is -4.64. The van der Waals surface area contributed by atoms with Gasteiger partial charge < -0.3 is 15.4 Å². The summed E-state index contributed by atoms with van der Waals surface area (Å²) in [6, 6.07) is 18.2. The third-order valence-electron chi connectivity index (χ3n) is 6.52. The number of amides is 1. The predicted octanol–water partition coefficient (Wildman–Crippen LogP) is 5.86. The van der Waals surface area contributed by atoms with Gasteiger partial charge in [-0.25, -0.2) is 17.3 Å². The van der Waals surface area contributed by atoms with Crippen LogP contribution in [0.4, 0.5) is 29.2 Å². The summed E-state index contributed by atoms with van der Waals surface area (Å²) >= 11 is 0. The van der Waals surface area contributed by atoms with Crippen molar-refractivity contribution in [3.63, 3.8) is 0 Å². The van der Waals surface area contributed by atoms with Crippen LogP contribution in [0, 0.1) is 12.7 Å². The first-order chi connectivity index (χ1) is 20.7. The first-order valence-electron chi connectivity index (χ1n) is 13.1. The van der Waals surface area contributed by atoms with Crippen LogP contribution in [-0.4, -0.2) is 48.0 Å². The Kier molecular flexibility index (Phi) is 8.28. The zero-order chi connectivity index (χ0) is 31.6. The lowest BCUT2D eigenvalue weighted by Gasteiger charge is -2.14. The highest BCUT2D eigenvalue weighted by atomic mass is 32.2. The van der Waals surface area contributed by atoms with Gasteiger partial charge in [0.15, 0.2) is 22.1 Å². The van der Waals surface area contributed by atoms with Crippen molar-refractivity contribution in [2.24, 2.45) is 0 Å². The molecule has 5 rings (SSSR count). The Bertz CT molecular complexity index is 1960. The molecule has 2 heterocycles. The molecule has 0 radical (unpaired) electrons. The van der Waals surface area contributed by atoms with Gasteiger partial charge >= 0.3 is 6.18 Å². The Balaban J connectivity index is 1.34. The molecule has 0 atom stereocenters. The topological polar surface area (TPSA) is 115 Å². The Labute approximate surface area is 249 Å². The second-order valence-electron chi connectivity index (χ2n) is 9.95. The van der Waals surface area contributed by atoms with E-state index in [9.17, 15) is 30.8 Å². The van der Waals surface area contributed by atoms with Crippen molar-refractivity contribution < 1.29 is 35.5 Å². The number of fused-ring (bicyclic) bond motifs is 1. The molecule has 0 fully saturated rings. The average Bonchev–Trinajstić information content (AvgIpc) is 3.36. The molecule has 228 valence electrons. The molecule has 3 aromatic carbocycles. The van der Waals surface area contributed by atoms with Crippen LogP contribution in [-0.2, 0) is 16.4 Å². The van der Waals surface area contributed by atoms with E-state index in [2.05, 4.69) is 20.7 Å². The van der Waals surface area contributed by atoms with Gasteiger partial charge in [0.05, 0.1) is 10.6 Å². The fraction of sp³-hybridized carbons (Fsp3) is 0.167. The molecule has 14 heteroatoms. The van der Waals surface area contributed by atoms with E-state index in [1.54, 1.807) is 49.5 Å². The summed E-state index contributed by atoms with van der Waals surface area (Å²) in [5, 5.41) is 9.98. The van der Waals surface area contributed by atoms with Crippen LogP contribution in [0.1, 0.15) is 21.5 Å². The van der Waals surface area contributed by atoms with Gasteiger partial charge in [0, 0.05) is 36.2 Å². The number of alkyl halides is 3. The average molecular weight is 628 g/mol. The summed E-state index contributed by atoms with van der Waals surface area (Å²) in [6.07, 6.45) is -2.00. The minimum Gasteiger partial charge on any atom is -0.482 e. The predicted molar refractivity (Wildman–Crippen MR) is 155 cm³/mol. The number of nitrogens with zero attached hydrogens (tertiary/aromatic N) is 3. The quantitative estimate of drug-likeness (QED) is 0.197. The maximum atomic E-state index is 13.1. The fourth-order valence-electron chi connectivity index (χ4n) is 4.32. The largest absolute Gasteiger partial charge is 0.482 e. The number of anilines is 2. The zero-order valence-electron chi connectivity index (χ0n) is 23.3. The van der Waals surface area contributed by atoms with Crippen molar-refractivity contribution in [1.82, 2.24) is 19.9 Å². The number of rotatable bonds is 9. The number of aryl methyl sites for hydroxylation is 1. The smallest absolute Gasteiger partial charge is 0.422 e. The van der Waals surface area contributed by atoms with Crippen molar-refractivity contribution in [3.05, 3.63) is 102 Å². The van der Waals surface area contributed by atoms with Gasteiger partial charge in [-0.05, 0) is 66.1 Å². The normalized spacial score (nSPS) is 11.9. The number of carbonyl (C=O) groups excluding carboxylic acids is 1. The van der Waals surface area contributed by atoms with E-state index < -0.39 is 22.6 Å². The van der Waals surface area contributed by atoms with Crippen molar-refractivity contribution in [3.8, 4) is 16.9 Å². The SMILES string of the molecule is Cc1cc(-c2ccc3nc(Nc4ccc(S(C)(=O)=O)cc4OCC(F)(F)F)nn3c2)ccc1C(=O)NCc1ccc(F)cc1. The van der Waals surface area contributed by atoms with E-state index in [4.69, 9.17) is 4.74 Å². The molecule has 2 N–H and O–H groups in total. The van der Waals surface area contributed by atoms with Gasteiger partial charge in [0.25, 0.3) is 5.91 Å². The number of carbonyl (C=O) groups is 1. The molecule has 0 saturated carbocycles. The molecule has 0 aliphatic heterocycles. The molecule has 0 bridgehead atoms. The number of hydrogen-bond acceptors (Lipinski definition) is 7. The van der Waals surface area contributed by atoms with E-state index >= 15 is 0 Å². The summed E-state index contributed by atoms with van der Waals surface area (Å²) in [4.78, 5) is 16.9. The number of sulfone groups is 1. The lowest BCUT2D eigenvalue weighted by molar-refractivity contribution is -0.153. The number of ether oxygens (including phenoxy) is 1. The Morgan fingerprint density at radius 3 is 2.39 bits per heavy atom. The highest BCUT2D eigenvalue weighted by Gasteiger charge is 2.29. The molecule has 0 spiro atoms. The number of hydrogen-bond donors (Lipinski definition) is 2. The van der Waals surface area contributed by atoms with E-state index in [1.165, 1.54) is 28.8 Å². The standard InChI is InChI=1S/C30H25F4N5O4S/c1-18-13-20(5-10-24(18)28(40)35-15-19-3-7-22(31)8-4-19)21-6-12-27-37-29(38-39(27)16-21)36-25-11-9-23(44(2,41)42)14-26(25)43-17-30(32,33)34/h3-14,16H,15,17H2,1-2H3,(H,35,40)(H,36,38). The maximum Gasteiger partial charge on any atom is 0.422 e. The van der Waals surface area contributed by atoms with E-state index in [0.717, 1.165) is 34.6 Å². The van der Waals surface area contributed by atoms with Crippen molar-refractivity contribution in [1.29, 1.82) is 0 Å². The number of pyridine rings is 1. The van der Waals surface area contributed by atoms with E-state index in [1.807, 2.05) is 6.07 Å². The first-order valence-corrected chi connectivity index (χ1v) is 15.0. The fourth-order valence-corrected chi connectivity index (χ4v) is 4.96. The van der Waals surface area contributed by atoms with Crippen LogP contribution in [0.3, 0.4) is 0 Å². The summed E-state index contributed by atoms with van der Waals surface area (Å²) in [5.41, 5.74) is 3.99. The Hall–Kier alpha value is -4.98. The van der Waals surface area contributed by atoms with Crippen molar-refractivity contribution in [2.45, 2.75) is 24.5 Å². The van der Waals surface area contributed by atoms with Crippen LogP contribution in [0.5, 0.6) is 5.75 Å². The Morgan fingerprint density at radius 2 is 1.70 bits per heavy atom. The zero-order valence-corrected chi connectivity index (χ0v) is 24.1. The lowest BCUT2D eigenvalue weighted by atomic mass is 10.0. The number of benzene rings is 3. The molecule has 44 heavy (non-hydrogen) atoms. The summed E-state index contributed by atoms with van der Waals surface area (Å²) in [7, 11) is -3.71. The molecule has 0 aliphatic carbocycles. The maximum absolute atomic E-state index is 13.1. The first kappa shape index (κ1) is 30.5. The van der Waals surface area contributed by atoms with Crippen LogP contribution in [0.15, 0.2) is 83.9 Å². The number of halogens is 4. The second kappa shape index (κ2) is 12.0. The number of nitrogens with one attached hydrogen (secondary N) is 2. The highest BCUT2D eigenvalue weighted by molar-refractivity contribution is 7.90. The van der Waals surface area contributed by atoms with Gasteiger partial charge in [-0.2, -0.15) is 18.2 Å². The van der Waals surface area contributed by atoms with E-state index in [0.29, 0.717) is 11.2 Å². The van der Waals surface area contributed by atoms with Crippen LogP contribution in [0.2, 0.25) is 0 Å². The van der Waals surface area contributed by atoms with Crippen LogP contribution >= 0.6 is 0 Å². The van der Waals surface area contributed by atoms with Gasteiger partial charge in [-0.15, -0.1) is 5.10 Å². The van der Waals surface area contributed by atoms with Gasteiger partial charge in [-0.3, -0.25) is 4.79 Å². The van der Waals surface area contributed by atoms with Crippen molar-refractivity contribution >= 4 is 33.0 Å². The third-order valence-corrected chi connectivity index (χ3v) is 7.63. The molecule has 1 amide bonds. The van der Waals surface area contributed by atoms with Gasteiger partial charge in [-0.1, -0.05) is 24.3 Å². The van der Waals surface area contributed by atoms with E-state index in [-0.39, 0.29) is 40.5 Å². The molecular weight excluding hydrogens is 602 g/mol. The highest BCUT2D eigenvalue weighted by Crippen LogP contribution is 2.32. The monoisotopic (exact) mass is 627 g/mol. The van der Waals surface area contributed by atoms with Gasteiger partial charge in [0.1, 0.15) is 11.6 Å². The Morgan fingerprint density at radius 1 is 0.977 bits per heavy atom. The third kappa shape index (κ3) is 7.32. The minimum absolute atomic E-state index is 0.0375.